The molecule has 0 fully saturated rings. The summed E-state index contributed by atoms with van der Waals surface area (Å²) in [5, 5.41) is 5.45. The number of nitrogens with one attached hydrogen (secondary N) is 2. The van der Waals surface area contributed by atoms with Crippen LogP contribution in [0.5, 0.6) is 5.75 Å². The number of halogens is 1. The Morgan fingerprint density at radius 3 is 2.74 bits per heavy atom. The van der Waals surface area contributed by atoms with Crippen molar-refractivity contribution in [3.8, 4) is 5.75 Å². The minimum atomic E-state index is -0.633. The van der Waals surface area contributed by atoms with Crippen molar-refractivity contribution >= 4 is 17.5 Å². The monoisotopic (exact) mass is 372 g/mol. The predicted octanol–water partition coefficient (Wildman–Crippen LogP) is 2.59. The van der Waals surface area contributed by atoms with Crippen LogP contribution in [-0.4, -0.2) is 32.1 Å². The lowest BCUT2D eigenvalue weighted by Gasteiger charge is -2.25. The molecule has 2 N–H and O–H groups in total. The molecule has 0 aromatic heterocycles. The standard InChI is InChI=1S/C20H21FN2O4/c1-26-8-9-27-15-5-2-13(3-6-15)12-22-20(25)17-11-19(24)23-18-10-14(21)4-7-16(17)18/h2-7,10,17H,8-9,11-12H2,1H3,(H,22,25)(H,23,24). The molecule has 1 atom stereocenters. The van der Waals surface area contributed by atoms with Crippen LogP contribution < -0.4 is 15.4 Å². The van der Waals surface area contributed by atoms with Crippen LogP contribution in [0.2, 0.25) is 0 Å². The number of anilines is 1. The van der Waals surface area contributed by atoms with E-state index >= 15 is 0 Å². The van der Waals surface area contributed by atoms with Crippen molar-refractivity contribution in [1.82, 2.24) is 5.32 Å². The number of methoxy groups -OCH3 is 1. The summed E-state index contributed by atoms with van der Waals surface area (Å²) in [5.41, 5.74) is 1.88. The zero-order valence-electron chi connectivity index (χ0n) is 15.0. The predicted molar refractivity (Wildman–Crippen MR) is 98.0 cm³/mol. The number of rotatable bonds is 7. The lowest BCUT2D eigenvalue weighted by molar-refractivity contribution is -0.126. The average Bonchev–Trinajstić information content (AvgIpc) is 2.66. The van der Waals surface area contributed by atoms with Crippen LogP contribution in [-0.2, 0) is 20.9 Å². The van der Waals surface area contributed by atoms with Crippen molar-refractivity contribution in [1.29, 1.82) is 0 Å². The molecule has 3 rings (SSSR count). The van der Waals surface area contributed by atoms with Gasteiger partial charge in [-0.15, -0.1) is 0 Å². The van der Waals surface area contributed by atoms with Gasteiger partial charge in [0.15, 0.2) is 0 Å². The molecule has 142 valence electrons. The van der Waals surface area contributed by atoms with E-state index in [0.29, 0.717) is 31.0 Å². The number of carbonyl (C=O) groups is 2. The Hall–Kier alpha value is -2.93. The molecule has 6 nitrogen and oxygen atoms in total. The highest BCUT2D eigenvalue weighted by molar-refractivity contribution is 6.01. The minimum Gasteiger partial charge on any atom is -0.491 e. The number of benzene rings is 2. The molecule has 2 aromatic carbocycles. The second-order valence-corrected chi connectivity index (χ2v) is 6.24. The van der Waals surface area contributed by atoms with Gasteiger partial charge in [-0.1, -0.05) is 18.2 Å². The summed E-state index contributed by atoms with van der Waals surface area (Å²) < 4.78 is 23.8. The maximum atomic E-state index is 13.4. The van der Waals surface area contributed by atoms with Gasteiger partial charge in [-0.2, -0.15) is 0 Å². The number of amides is 2. The summed E-state index contributed by atoms with van der Waals surface area (Å²) in [6, 6.07) is 11.4. The van der Waals surface area contributed by atoms with Crippen molar-refractivity contribution in [2.45, 2.75) is 18.9 Å². The Morgan fingerprint density at radius 1 is 1.22 bits per heavy atom. The van der Waals surface area contributed by atoms with E-state index in [1.54, 1.807) is 13.2 Å². The molecule has 0 spiro atoms. The van der Waals surface area contributed by atoms with Gasteiger partial charge >= 0.3 is 0 Å². The SMILES string of the molecule is COCCOc1ccc(CNC(=O)C2CC(=O)Nc3cc(F)ccc32)cc1. The second-order valence-electron chi connectivity index (χ2n) is 6.24. The molecule has 0 bridgehead atoms. The van der Waals surface area contributed by atoms with Crippen LogP contribution in [0.25, 0.3) is 0 Å². The molecule has 2 aromatic rings. The van der Waals surface area contributed by atoms with E-state index in [2.05, 4.69) is 10.6 Å². The highest BCUT2D eigenvalue weighted by Gasteiger charge is 2.30. The largest absolute Gasteiger partial charge is 0.491 e. The summed E-state index contributed by atoms with van der Waals surface area (Å²) in [7, 11) is 1.61. The number of hydrogen-bond acceptors (Lipinski definition) is 4. The van der Waals surface area contributed by atoms with Gasteiger partial charge < -0.3 is 20.1 Å². The molecule has 0 saturated heterocycles. The van der Waals surface area contributed by atoms with Gasteiger partial charge in [0, 0.05) is 25.8 Å². The second kappa shape index (κ2) is 8.64. The zero-order valence-corrected chi connectivity index (χ0v) is 15.0. The molecule has 0 saturated carbocycles. The van der Waals surface area contributed by atoms with Crippen molar-refractivity contribution in [3.63, 3.8) is 0 Å². The first-order chi connectivity index (χ1) is 13.1. The molecule has 1 unspecified atom stereocenters. The van der Waals surface area contributed by atoms with Gasteiger partial charge in [-0.05, 0) is 35.4 Å². The Labute approximate surface area is 156 Å². The van der Waals surface area contributed by atoms with Crippen molar-refractivity contribution in [2.24, 2.45) is 0 Å². The normalized spacial score (nSPS) is 15.6. The highest BCUT2D eigenvalue weighted by atomic mass is 19.1. The Morgan fingerprint density at radius 2 is 2.00 bits per heavy atom. The first kappa shape index (κ1) is 18.8. The van der Waals surface area contributed by atoms with Crippen molar-refractivity contribution in [3.05, 3.63) is 59.4 Å². The number of fused-ring (bicyclic) bond motifs is 1. The van der Waals surface area contributed by atoms with E-state index in [-0.39, 0.29) is 18.2 Å². The van der Waals surface area contributed by atoms with Crippen LogP contribution >= 0.6 is 0 Å². The smallest absolute Gasteiger partial charge is 0.228 e. The Bertz CT molecular complexity index is 823. The third kappa shape index (κ3) is 4.83. The summed E-state index contributed by atoms with van der Waals surface area (Å²) >= 11 is 0. The average molecular weight is 372 g/mol. The van der Waals surface area contributed by atoms with Crippen LogP contribution in [0.1, 0.15) is 23.5 Å². The fraction of sp³-hybridized carbons (Fsp3) is 0.300. The van der Waals surface area contributed by atoms with Gasteiger partial charge in [-0.25, -0.2) is 4.39 Å². The minimum absolute atomic E-state index is 0.0384. The van der Waals surface area contributed by atoms with E-state index in [4.69, 9.17) is 9.47 Å². The van der Waals surface area contributed by atoms with Crippen LogP contribution in [0.4, 0.5) is 10.1 Å². The van der Waals surface area contributed by atoms with E-state index in [0.717, 1.165) is 11.3 Å². The molecule has 1 heterocycles. The van der Waals surface area contributed by atoms with E-state index in [1.807, 2.05) is 24.3 Å². The van der Waals surface area contributed by atoms with Crippen LogP contribution in [0.15, 0.2) is 42.5 Å². The third-order valence-electron chi connectivity index (χ3n) is 4.32. The lowest BCUT2D eigenvalue weighted by atomic mass is 9.89. The van der Waals surface area contributed by atoms with Crippen LogP contribution in [0.3, 0.4) is 0 Å². The lowest BCUT2D eigenvalue weighted by Crippen LogP contribution is -2.34. The van der Waals surface area contributed by atoms with E-state index in [9.17, 15) is 14.0 Å². The number of ether oxygens (including phenoxy) is 2. The molecule has 1 aliphatic rings. The third-order valence-corrected chi connectivity index (χ3v) is 4.32. The number of hydrogen-bond donors (Lipinski definition) is 2. The fourth-order valence-electron chi connectivity index (χ4n) is 2.93. The molecule has 2 amide bonds. The summed E-state index contributed by atoms with van der Waals surface area (Å²) in [4.78, 5) is 24.4. The van der Waals surface area contributed by atoms with Gasteiger partial charge in [0.25, 0.3) is 0 Å². The fourth-order valence-corrected chi connectivity index (χ4v) is 2.93. The first-order valence-electron chi connectivity index (χ1n) is 8.64. The Kier molecular flexibility index (Phi) is 6.03. The van der Waals surface area contributed by atoms with Gasteiger partial charge in [0.2, 0.25) is 11.8 Å². The maximum absolute atomic E-state index is 13.4. The molecule has 0 aliphatic carbocycles. The van der Waals surface area contributed by atoms with Crippen molar-refractivity contribution in [2.75, 3.05) is 25.6 Å². The molecule has 1 aliphatic heterocycles. The van der Waals surface area contributed by atoms with E-state index < -0.39 is 11.7 Å². The topological polar surface area (TPSA) is 76.7 Å². The van der Waals surface area contributed by atoms with E-state index in [1.165, 1.54) is 12.1 Å². The summed E-state index contributed by atoms with van der Waals surface area (Å²) in [6.45, 7) is 1.31. The molecular weight excluding hydrogens is 351 g/mol. The highest BCUT2D eigenvalue weighted by Crippen LogP contribution is 2.32. The molecule has 27 heavy (non-hydrogen) atoms. The maximum Gasteiger partial charge on any atom is 0.228 e. The van der Waals surface area contributed by atoms with Crippen molar-refractivity contribution < 1.29 is 23.5 Å². The van der Waals surface area contributed by atoms with Crippen LogP contribution in [0, 0.1) is 5.82 Å². The Balaban J connectivity index is 1.60. The summed E-state index contributed by atoms with van der Waals surface area (Å²) in [6.07, 6.45) is 0.0384. The van der Waals surface area contributed by atoms with Gasteiger partial charge in [0.05, 0.1) is 12.5 Å². The molecule has 7 heteroatoms. The molecule has 0 radical (unpaired) electrons. The summed E-state index contributed by atoms with van der Waals surface area (Å²) in [5.74, 6) is -0.931. The first-order valence-corrected chi connectivity index (χ1v) is 8.64. The quantitative estimate of drug-likeness (QED) is 0.733. The molecular formula is C20H21FN2O4. The zero-order chi connectivity index (χ0) is 19.2. The van der Waals surface area contributed by atoms with Gasteiger partial charge in [-0.3, -0.25) is 9.59 Å². The van der Waals surface area contributed by atoms with Gasteiger partial charge in [0.1, 0.15) is 18.2 Å². The number of carbonyl (C=O) groups excluding carboxylic acids is 2.